The Morgan fingerprint density at radius 2 is 1.65 bits per heavy atom. The van der Waals surface area contributed by atoms with Gasteiger partial charge in [0, 0.05) is 5.56 Å². The van der Waals surface area contributed by atoms with Crippen LogP contribution in [0.1, 0.15) is 0 Å². The molecule has 0 N–H and O–H groups in total. The van der Waals surface area contributed by atoms with Crippen molar-refractivity contribution in [2.45, 2.75) is 6.54 Å². The minimum atomic E-state index is -0.265. The van der Waals surface area contributed by atoms with Gasteiger partial charge in [0.15, 0.2) is 0 Å². The minimum absolute atomic E-state index is 0.265. The molecule has 0 spiro atoms. The number of hydrogen-bond donors (Lipinski definition) is 0. The van der Waals surface area contributed by atoms with Crippen LogP contribution in [0.25, 0.3) is 22.4 Å². The monoisotopic (exact) mass is 366 g/mol. The van der Waals surface area contributed by atoms with Gasteiger partial charge in [0.05, 0.1) is 22.6 Å². The summed E-state index contributed by atoms with van der Waals surface area (Å²) in [5, 5.41) is 0.585. The van der Waals surface area contributed by atoms with E-state index in [-0.39, 0.29) is 5.82 Å². The van der Waals surface area contributed by atoms with E-state index in [4.69, 9.17) is 21.3 Å². The van der Waals surface area contributed by atoms with Crippen LogP contribution in [-0.4, -0.2) is 16.2 Å². The van der Waals surface area contributed by atoms with E-state index in [0.717, 1.165) is 22.4 Å². The Labute approximate surface area is 155 Å². The maximum atomic E-state index is 13.3. The first-order chi connectivity index (χ1) is 12.7. The van der Waals surface area contributed by atoms with E-state index in [0.29, 0.717) is 23.9 Å². The number of ether oxygens (including phenoxy) is 1. The average molecular weight is 367 g/mol. The van der Waals surface area contributed by atoms with Crippen molar-refractivity contribution in [1.82, 2.24) is 9.55 Å². The Morgan fingerprint density at radius 1 is 0.923 bits per heavy atom. The van der Waals surface area contributed by atoms with Crippen molar-refractivity contribution in [2.75, 3.05) is 6.61 Å². The third-order valence-electron chi connectivity index (χ3n) is 4.17. The molecular weight excluding hydrogens is 351 g/mol. The second-order valence-electron chi connectivity index (χ2n) is 5.86. The molecule has 130 valence electrons. The molecule has 26 heavy (non-hydrogen) atoms. The summed E-state index contributed by atoms with van der Waals surface area (Å²) < 4.78 is 21.2. The average Bonchev–Trinajstić information content (AvgIpc) is 3.03. The number of nitrogens with zero attached hydrogens (tertiary/aromatic N) is 2. The molecule has 0 fully saturated rings. The molecule has 0 saturated carbocycles. The zero-order chi connectivity index (χ0) is 17.9. The first kappa shape index (κ1) is 16.6. The van der Waals surface area contributed by atoms with E-state index < -0.39 is 0 Å². The normalized spacial score (nSPS) is 11.0. The van der Waals surface area contributed by atoms with Gasteiger partial charge in [-0.25, -0.2) is 9.37 Å². The van der Waals surface area contributed by atoms with Crippen molar-refractivity contribution in [3.05, 3.63) is 83.6 Å². The van der Waals surface area contributed by atoms with Crippen LogP contribution in [0, 0.1) is 5.82 Å². The fraction of sp³-hybridized carbons (Fsp3) is 0.0952. The van der Waals surface area contributed by atoms with E-state index >= 15 is 0 Å². The fourth-order valence-corrected chi connectivity index (χ4v) is 3.12. The van der Waals surface area contributed by atoms with Crippen molar-refractivity contribution < 1.29 is 9.13 Å². The predicted octanol–water partition coefficient (Wildman–Crippen LogP) is 5.57. The largest absolute Gasteiger partial charge is 0.490 e. The van der Waals surface area contributed by atoms with Gasteiger partial charge >= 0.3 is 0 Å². The molecule has 1 aromatic heterocycles. The summed E-state index contributed by atoms with van der Waals surface area (Å²) in [4.78, 5) is 4.71. The SMILES string of the molecule is Fc1ccc(-c2nc3ccccc3n2CCOc2ccccc2Cl)cc1. The maximum absolute atomic E-state index is 13.3. The lowest BCUT2D eigenvalue weighted by Crippen LogP contribution is -2.09. The van der Waals surface area contributed by atoms with Gasteiger partial charge in [0.1, 0.15) is 24.0 Å². The second kappa shape index (κ2) is 7.18. The first-order valence-corrected chi connectivity index (χ1v) is 8.69. The highest BCUT2D eigenvalue weighted by molar-refractivity contribution is 6.32. The predicted molar refractivity (Wildman–Crippen MR) is 102 cm³/mol. The van der Waals surface area contributed by atoms with Gasteiger partial charge in [-0.2, -0.15) is 0 Å². The summed E-state index contributed by atoms with van der Waals surface area (Å²) >= 11 is 6.14. The molecule has 4 aromatic rings. The highest BCUT2D eigenvalue weighted by atomic mass is 35.5. The Hall–Kier alpha value is -2.85. The number of benzene rings is 3. The van der Waals surface area contributed by atoms with Crippen molar-refractivity contribution in [3.63, 3.8) is 0 Å². The Balaban J connectivity index is 1.65. The number of hydrogen-bond acceptors (Lipinski definition) is 2. The van der Waals surface area contributed by atoms with Crippen LogP contribution < -0.4 is 4.74 Å². The minimum Gasteiger partial charge on any atom is -0.490 e. The van der Waals surface area contributed by atoms with Crippen LogP contribution in [0.5, 0.6) is 5.75 Å². The van der Waals surface area contributed by atoms with Crippen LogP contribution in [0.3, 0.4) is 0 Å². The summed E-state index contributed by atoms with van der Waals surface area (Å²) in [6, 6.07) is 21.7. The van der Waals surface area contributed by atoms with Crippen LogP contribution in [0.15, 0.2) is 72.8 Å². The van der Waals surface area contributed by atoms with Gasteiger partial charge in [-0.1, -0.05) is 35.9 Å². The van der Waals surface area contributed by atoms with Gasteiger partial charge in [-0.3, -0.25) is 0 Å². The number of halogens is 2. The van der Waals surface area contributed by atoms with Crippen LogP contribution in [0.4, 0.5) is 4.39 Å². The lowest BCUT2D eigenvalue weighted by Gasteiger charge is -2.12. The number of aromatic nitrogens is 2. The smallest absolute Gasteiger partial charge is 0.141 e. The van der Waals surface area contributed by atoms with Crippen molar-refractivity contribution in [1.29, 1.82) is 0 Å². The molecule has 0 aliphatic rings. The van der Waals surface area contributed by atoms with E-state index in [1.165, 1.54) is 12.1 Å². The van der Waals surface area contributed by atoms with Gasteiger partial charge in [0.25, 0.3) is 0 Å². The summed E-state index contributed by atoms with van der Waals surface area (Å²) in [6.45, 7) is 1.04. The van der Waals surface area contributed by atoms with Crippen LogP contribution in [0.2, 0.25) is 5.02 Å². The summed E-state index contributed by atoms with van der Waals surface area (Å²) in [5.74, 6) is 1.18. The molecule has 3 nitrogen and oxygen atoms in total. The van der Waals surface area contributed by atoms with Crippen molar-refractivity contribution in [3.8, 4) is 17.1 Å². The third kappa shape index (κ3) is 3.28. The lowest BCUT2D eigenvalue weighted by molar-refractivity contribution is 0.301. The molecule has 0 radical (unpaired) electrons. The van der Waals surface area contributed by atoms with Gasteiger partial charge in [-0.15, -0.1) is 0 Å². The summed E-state index contributed by atoms with van der Waals surface area (Å²) in [6.07, 6.45) is 0. The standard InChI is InChI=1S/C21H16ClFN2O/c22-17-5-1-4-8-20(17)26-14-13-25-19-7-3-2-6-18(19)24-21(25)15-9-11-16(23)12-10-15/h1-12H,13-14H2. The van der Waals surface area contributed by atoms with E-state index in [2.05, 4.69) is 4.57 Å². The van der Waals surface area contributed by atoms with Gasteiger partial charge in [0.2, 0.25) is 0 Å². The molecule has 4 rings (SSSR count). The van der Waals surface area contributed by atoms with Crippen LogP contribution in [-0.2, 0) is 6.54 Å². The van der Waals surface area contributed by atoms with E-state index in [1.807, 2.05) is 42.5 Å². The molecule has 1 heterocycles. The fourth-order valence-electron chi connectivity index (χ4n) is 2.93. The van der Waals surface area contributed by atoms with Crippen LogP contribution >= 0.6 is 11.6 Å². The topological polar surface area (TPSA) is 27.1 Å². The third-order valence-corrected chi connectivity index (χ3v) is 4.48. The molecule has 0 amide bonds. The molecule has 0 aliphatic carbocycles. The molecule has 0 atom stereocenters. The lowest BCUT2D eigenvalue weighted by atomic mass is 10.2. The highest BCUT2D eigenvalue weighted by Gasteiger charge is 2.12. The number of para-hydroxylation sites is 3. The zero-order valence-corrected chi connectivity index (χ0v) is 14.7. The zero-order valence-electron chi connectivity index (χ0n) is 13.9. The highest BCUT2D eigenvalue weighted by Crippen LogP contribution is 2.26. The molecule has 3 aromatic carbocycles. The molecule has 0 aliphatic heterocycles. The Bertz CT molecular complexity index is 1040. The summed E-state index contributed by atoms with van der Waals surface area (Å²) in [7, 11) is 0. The van der Waals surface area contributed by atoms with Crippen molar-refractivity contribution >= 4 is 22.6 Å². The van der Waals surface area contributed by atoms with Gasteiger partial charge < -0.3 is 9.30 Å². The molecular formula is C21H16ClFN2O. The number of imidazole rings is 1. The molecule has 0 bridgehead atoms. The Morgan fingerprint density at radius 3 is 2.46 bits per heavy atom. The van der Waals surface area contributed by atoms with E-state index in [1.54, 1.807) is 18.2 Å². The molecule has 0 unspecified atom stereocenters. The summed E-state index contributed by atoms with van der Waals surface area (Å²) in [5.41, 5.74) is 2.76. The Kier molecular flexibility index (Phi) is 4.59. The maximum Gasteiger partial charge on any atom is 0.141 e. The number of rotatable bonds is 5. The second-order valence-corrected chi connectivity index (χ2v) is 6.27. The quantitative estimate of drug-likeness (QED) is 0.461. The van der Waals surface area contributed by atoms with Gasteiger partial charge in [-0.05, 0) is 48.5 Å². The molecule has 0 saturated heterocycles. The molecule has 5 heteroatoms. The number of fused-ring (bicyclic) bond motifs is 1. The van der Waals surface area contributed by atoms with Crippen molar-refractivity contribution in [2.24, 2.45) is 0 Å². The van der Waals surface area contributed by atoms with E-state index in [9.17, 15) is 4.39 Å². The first-order valence-electron chi connectivity index (χ1n) is 8.31.